The summed E-state index contributed by atoms with van der Waals surface area (Å²) in [6.07, 6.45) is 0.915. The van der Waals surface area contributed by atoms with Gasteiger partial charge in [-0.1, -0.05) is 17.7 Å². The van der Waals surface area contributed by atoms with Crippen LogP contribution in [0.15, 0.2) is 18.2 Å². The van der Waals surface area contributed by atoms with Gasteiger partial charge in [0.25, 0.3) is 5.91 Å². The summed E-state index contributed by atoms with van der Waals surface area (Å²) >= 11 is 5.91. The number of hydrogen-bond donors (Lipinski definition) is 1. The van der Waals surface area contributed by atoms with Crippen molar-refractivity contribution in [2.24, 2.45) is 0 Å². The molecule has 0 spiro atoms. The van der Waals surface area contributed by atoms with Crippen LogP contribution >= 0.6 is 11.6 Å². The Morgan fingerprint density at radius 3 is 2.92 bits per heavy atom. The average molecular weight is 198 g/mol. The SMILES string of the molecule is O=C1CCc2c(Cl)cccc2N1O. The van der Waals surface area contributed by atoms with Gasteiger partial charge in [0.05, 0.1) is 5.69 Å². The van der Waals surface area contributed by atoms with Crippen molar-refractivity contribution in [1.29, 1.82) is 0 Å². The molecule has 1 amide bonds. The van der Waals surface area contributed by atoms with Gasteiger partial charge < -0.3 is 0 Å². The van der Waals surface area contributed by atoms with E-state index in [1.165, 1.54) is 0 Å². The number of carbonyl (C=O) groups excluding carboxylic acids is 1. The van der Waals surface area contributed by atoms with Crippen molar-refractivity contribution < 1.29 is 10.0 Å². The van der Waals surface area contributed by atoms with Crippen LogP contribution in [0.4, 0.5) is 5.69 Å². The minimum Gasteiger partial charge on any atom is -0.281 e. The molecule has 0 aromatic heterocycles. The van der Waals surface area contributed by atoms with E-state index >= 15 is 0 Å². The van der Waals surface area contributed by atoms with Crippen LogP contribution in [0.2, 0.25) is 5.02 Å². The summed E-state index contributed by atoms with van der Waals surface area (Å²) in [5.74, 6) is -0.283. The molecule has 0 fully saturated rings. The highest BCUT2D eigenvalue weighted by Crippen LogP contribution is 2.31. The van der Waals surface area contributed by atoms with E-state index in [1.54, 1.807) is 18.2 Å². The molecule has 0 aliphatic carbocycles. The zero-order valence-electron chi connectivity index (χ0n) is 6.83. The molecule has 3 nitrogen and oxygen atoms in total. The van der Waals surface area contributed by atoms with Crippen molar-refractivity contribution in [2.75, 3.05) is 5.06 Å². The van der Waals surface area contributed by atoms with E-state index in [4.69, 9.17) is 11.6 Å². The van der Waals surface area contributed by atoms with Crippen LogP contribution in [0.5, 0.6) is 0 Å². The van der Waals surface area contributed by atoms with Gasteiger partial charge in [-0.25, -0.2) is 0 Å². The van der Waals surface area contributed by atoms with Gasteiger partial charge in [0.15, 0.2) is 0 Å². The minimum absolute atomic E-state index is 0.283. The highest BCUT2D eigenvalue weighted by Gasteiger charge is 2.23. The van der Waals surface area contributed by atoms with Crippen molar-refractivity contribution in [3.63, 3.8) is 0 Å². The smallest absolute Gasteiger partial charge is 0.251 e. The second-order valence-electron chi connectivity index (χ2n) is 2.94. The van der Waals surface area contributed by atoms with Crippen molar-refractivity contribution in [3.05, 3.63) is 28.8 Å². The lowest BCUT2D eigenvalue weighted by Gasteiger charge is -2.23. The third kappa shape index (κ3) is 1.30. The molecule has 1 aliphatic heterocycles. The first-order valence-electron chi connectivity index (χ1n) is 3.99. The molecule has 2 rings (SSSR count). The molecule has 1 N–H and O–H groups in total. The van der Waals surface area contributed by atoms with Crippen LogP contribution in [-0.4, -0.2) is 11.1 Å². The van der Waals surface area contributed by atoms with Crippen LogP contribution < -0.4 is 5.06 Å². The molecule has 1 heterocycles. The Bertz CT molecular complexity index is 365. The molecule has 0 bridgehead atoms. The summed E-state index contributed by atoms with van der Waals surface area (Å²) < 4.78 is 0. The molecule has 0 saturated carbocycles. The number of nitrogens with zero attached hydrogens (tertiary/aromatic N) is 1. The molecule has 1 aromatic rings. The first kappa shape index (κ1) is 8.53. The lowest BCUT2D eigenvalue weighted by Crippen LogP contribution is -2.31. The van der Waals surface area contributed by atoms with Crippen molar-refractivity contribution in [2.45, 2.75) is 12.8 Å². The highest BCUT2D eigenvalue weighted by atomic mass is 35.5. The Morgan fingerprint density at radius 1 is 1.38 bits per heavy atom. The summed E-state index contributed by atoms with van der Waals surface area (Å²) in [5, 5.41) is 10.7. The number of hydroxylamine groups is 1. The molecule has 0 saturated heterocycles. The molecule has 0 unspecified atom stereocenters. The topological polar surface area (TPSA) is 40.5 Å². The summed E-state index contributed by atoms with van der Waals surface area (Å²) in [4.78, 5) is 11.1. The fraction of sp³-hybridized carbons (Fsp3) is 0.222. The first-order valence-corrected chi connectivity index (χ1v) is 4.37. The largest absolute Gasteiger partial charge is 0.281 e. The summed E-state index contributed by atoms with van der Waals surface area (Å²) in [5.41, 5.74) is 1.34. The van der Waals surface area contributed by atoms with E-state index in [1.807, 2.05) is 0 Å². The fourth-order valence-electron chi connectivity index (χ4n) is 1.47. The fourth-order valence-corrected chi connectivity index (χ4v) is 1.73. The van der Waals surface area contributed by atoms with Gasteiger partial charge in [-0.3, -0.25) is 10.0 Å². The van der Waals surface area contributed by atoms with Crippen molar-refractivity contribution in [1.82, 2.24) is 0 Å². The molecule has 4 heteroatoms. The van der Waals surface area contributed by atoms with E-state index in [0.29, 0.717) is 28.6 Å². The van der Waals surface area contributed by atoms with Crippen LogP contribution in [0.3, 0.4) is 0 Å². The summed E-state index contributed by atoms with van der Waals surface area (Å²) in [6.45, 7) is 0. The number of benzene rings is 1. The van der Waals surface area contributed by atoms with E-state index in [0.717, 1.165) is 5.56 Å². The highest BCUT2D eigenvalue weighted by molar-refractivity contribution is 6.32. The molecule has 1 aliphatic rings. The van der Waals surface area contributed by atoms with Gasteiger partial charge in [-0.15, -0.1) is 0 Å². The predicted octanol–water partition coefficient (Wildman–Crippen LogP) is 2.01. The van der Waals surface area contributed by atoms with Crippen molar-refractivity contribution in [3.8, 4) is 0 Å². The zero-order chi connectivity index (χ0) is 9.42. The Kier molecular flexibility index (Phi) is 1.98. The second kappa shape index (κ2) is 3.01. The van der Waals surface area contributed by atoms with E-state index in [2.05, 4.69) is 0 Å². The number of carbonyl (C=O) groups is 1. The number of amides is 1. The molecule has 0 radical (unpaired) electrons. The Morgan fingerprint density at radius 2 is 2.15 bits per heavy atom. The first-order chi connectivity index (χ1) is 6.20. The van der Waals surface area contributed by atoms with Crippen molar-refractivity contribution >= 4 is 23.2 Å². The van der Waals surface area contributed by atoms with Gasteiger partial charge in [-0.2, -0.15) is 5.06 Å². The van der Waals surface area contributed by atoms with E-state index in [9.17, 15) is 10.0 Å². The van der Waals surface area contributed by atoms with E-state index in [-0.39, 0.29) is 5.91 Å². The lowest BCUT2D eigenvalue weighted by atomic mass is 10.0. The molecule has 0 atom stereocenters. The number of anilines is 1. The monoisotopic (exact) mass is 197 g/mol. The quantitative estimate of drug-likeness (QED) is 0.647. The van der Waals surface area contributed by atoms with Crippen LogP contribution in [-0.2, 0) is 11.2 Å². The third-order valence-corrected chi connectivity index (χ3v) is 2.50. The number of hydrogen-bond acceptors (Lipinski definition) is 2. The number of halogens is 1. The standard InChI is InChI=1S/C9H8ClNO2/c10-7-2-1-3-8-6(7)4-5-9(12)11(8)13/h1-3,13H,4-5H2. The van der Waals surface area contributed by atoms with Gasteiger partial charge in [0, 0.05) is 11.4 Å². The maximum atomic E-state index is 11.1. The van der Waals surface area contributed by atoms with Gasteiger partial charge in [0.1, 0.15) is 0 Å². The van der Waals surface area contributed by atoms with Gasteiger partial charge in [0.2, 0.25) is 0 Å². The predicted molar refractivity (Wildman–Crippen MR) is 49.0 cm³/mol. The minimum atomic E-state index is -0.283. The Balaban J connectivity index is 2.55. The zero-order valence-corrected chi connectivity index (χ0v) is 7.58. The maximum absolute atomic E-state index is 11.1. The van der Waals surface area contributed by atoms with Crippen LogP contribution in [0.1, 0.15) is 12.0 Å². The normalized spacial score (nSPS) is 15.8. The molecule has 13 heavy (non-hydrogen) atoms. The van der Waals surface area contributed by atoms with Gasteiger partial charge in [-0.05, 0) is 24.1 Å². The second-order valence-corrected chi connectivity index (χ2v) is 3.35. The average Bonchev–Trinajstić information content (AvgIpc) is 2.12. The Hall–Kier alpha value is -1.06. The van der Waals surface area contributed by atoms with Gasteiger partial charge >= 0.3 is 0 Å². The summed E-state index contributed by atoms with van der Waals surface area (Å²) in [6, 6.07) is 5.14. The molecular formula is C9H8ClNO2. The molecule has 1 aromatic carbocycles. The molecule has 68 valence electrons. The third-order valence-electron chi connectivity index (χ3n) is 2.15. The maximum Gasteiger partial charge on any atom is 0.251 e. The molecular weight excluding hydrogens is 190 g/mol. The Labute approximate surface area is 80.5 Å². The lowest BCUT2D eigenvalue weighted by molar-refractivity contribution is -0.124. The number of rotatable bonds is 0. The van der Waals surface area contributed by atoms with Crippen LogP contribution in [0, 0.1) is 0 Å². The van der Waals surface area contributed by atoms with E-state index < -0.39 is 0 Å². The number of fused-ring (bicyclic) bond motifs is 1. The summed E-state index contributed by atoms with van der Waals surface area (Å²) in [7, 11) is 0. The van der Waals surface area contributed by atoms with Crippen LogP contribution in [0.25, 0.3) is 0 Å².